The minimum Gasteiger partial charge on any atom is -0.332 e. The van der Waals surface area contributed by atoms with Crippen LogP contribution < -0.4 is 0 Å². The summed E-state index contributed by atoms with van der Waals surface area (Å²) in [5.74, 6) is -0.0166. The standard InChI is InChI=1S/C18H15N5OS/c1-11-22-16(9-25-11)18(24)5-14-3-12-4-15(17-8-19-10-23(17)2)21-7-13(12)6-20-14/h3-4,6-10H,5H2,1-2H3. The van der Waals surface area contributed by atoms with Crippen molar-refractivity contribution in [1.82, 2.24) is 24.5 Å². The highest BCUT2D eigenvalue weighted by molar-refractivity contribution is 7.09. The van der Waals surface area contributed by atoms with Gasteiger partial charge in [-0.15, -0.1) is 11.3 Å². The zero-order valence-electron chi connectivity index (χ0n) is 13.8. The fourth-order valence-corrected chi connectivity index (χ4v) is 3.29. The van der Waals surface area contributed by atoms with Crippen LogP contribution in [-0.2, 0) is 13.5 Å². The number of carbonyl (C=O) groups is 1. The van der Waals surface area contributed by atoms with Gasteiger partial charge in [0.05, 0.1) is 35.3 Å². The van der Waals surface area contributed by atoms with Crippen molar-refractivity contribution < 1.29 is 4.79 Å². The van der Waals surface area contributed by atoms with E-state index >= 15 is 0 Å². The Balaban J connectivity index is 1.67. The summed E-state index contributed by atoms with van der Waals surface area (Å²) in [5.41, 5.74) is 3.01. The zero-order valence-corrected chi connectivity index (χ0v) is 14.6. The highest BCUT2D eigenvalue weighted by atomic mass is 32.1. The Morgan fingerprint density at radius 2 is 2.00 bits per heavy atom. The molecule has 0 aliphatic carbocycles. The number of carbonyl (C=O) groups excluding carboxylic acids is 1. The lowest BCUT2D eigenvalue weighted by Crippen LogP contribution is -2.05. The minimum atomic E-state index is -0.0166. The molecular weight excluding hydrogens is 334 g/mol. The molecule has 0 saturated carbocycles. The van der Waals surface area contributed by atoms with Crippen molar-refractivity contribution in [1.29, 1.82) is 0 Å². The third-order valence-corrected chi connectivity index (χ3v) is 4.76. The van der Waals surface area contributed by atoms with Crippen LogP contribution in [0.25, 0.3) is 22.2 Å². The average molecular weight is 349 g/mol. The van der Waals surface area contributed by atoms with E-state index in [1.54, 1.807) is 30.3 Å². The number of fused-ring (bicyclic) bond motifs is 1. The molecule has 0 aliphatic heterocycles. The van der Waals surface area contributed by atoms with Gasteiger partial charge in [0.15, 0.2) is 5.78 Å². The second kappa shape index (κ2) is 6.18. The number of pyridine rings is 2. The molecule has 25 heavy (non-hydrogen) atoms. The molecule has 0 bridgehead atoms. The van der Waals surface area contributed by atoms with Gasteiger partial charge in [-0.2, -0.15) is 0 Å². The first-order chi connectivity index (χ1) is 12.1. The molecule has 0 aromatic carbocycles. The monoisotopic (exact) mass is 349 g/mol. The highest BCUT2D eigenvalue weighted by Crippen LogP contribution is 2.22. The number of thiazole rings is 1. The van der Waals surface area contributed by atoms with Crippen molar-refractivity contribution in [2.45, 2.75) is 13.3 Å². The Bertz CT molecular complexity index is 1080. The number of hydrogen-bond donors (Lipinski definition) is 0. The lowest BCUT2D eigenvalue weighted by Gasteiger charge is -2.05. The molecule has 4 aromatic rings. The molecule has 0 spiro atoms. The van der Waals surface area contributed by atoms with Crippen LogP contribution in [0, 0.1) is 6.92 Å². The van der Waals surface area contributed by atoms with Gasteiger partial charge in [0.1, 0.15) is 5.69 Å². The van der Waals surface area contributed by atoms with Crippen LogP contribution in [0.15, 0.2) is 42.4 Å². The van der Waals surface area contributed by atoms with Gasteiger partial charge in [-0.25, -0.2) is 9.97 Å². The van der Waals surface area contributed by atoms with E-state index in [0.717, 1.165) is 32.9 Å². The average Bonchev–Trinajstić information content (AvgIpc) is 3.22. The number of hydrogen-bond acceptors (Lipinski definition) is 6. The molecule has 0 saturated heterocycles. The van der Waals surface area contributed by atoms with Gasteiger partial charge in [-0.1, -0.05) is 0 Å². The maximum atomic E-state index is 12.3. The Labute approximate surface area is 148 Å². The van der Waals surface area contributed by atoms with E-state index in [0.29, 0.717) is 5.69 Å². The molecule has 4 rings (SSSR count). The van der Waals surface area contributed by atoms with E-state index in [1.165, 1.54) is 11.3 Å². The number of aromatic nitrogens is 5. The molecule has 0 N–H and O–H groups in total. The minimum absolute atomic E-state index is 0.0166. The summed E-state index contributed by atoms with van der Waals surface area (Å²) in [4.78, 5) is 29.6. The van der Waals surface area contributed by atoms with Gasteiger partial charge >= 0.3 is 0 Å². The molecular formula is C18H15N5OS. The Hall–Kier alpha value is -2.93. The van der Waals surface area contributed by atoms with Crippen molar-refractivity contribution in [2.24, 2.45) is 7.05 Å². The molecule has 0 aliphatic rings. The van der Waals surface area contributed by atoms with Crippen LogP contribution in [0.2, 0.25) is 0 Å². The molecule has 4 heterocycles. The number of ketones is 1. The van der Waals surface area contributed by atoms with Gasteiger partial charge in [0.2, 0.25) is 0 Å². The smallest absolute Gasteiger partial charge is 0.187 e. The lowest BCUT2D eigenvalue weighted by atomic mass is 10.1. The first kappa shape index (κ1) is 15.6. The fraction of sp³-hybridized carbons (Fsp3) is 0.167. The third-order valence-electron chi connectivity index (χ3n) is 3.99. The van der Waals surface area contributed by atoms with Gasteiger partial charge in [-0.3, -0.25) is 14.8 Å². The van der Waals surface area contributed by atoms with Gasteiger partial charge in [-0.05, 0) is 24.4 Å². The summed E-state index contributed by atoms with van der Waals surface area (Å²) in [6.45, 7) is 1.89. The van der Waals surface area contributed by atoms with Crippen LogP contribution in [0.5, 0.6) is 0 Å². The van der Waals surface area contributed by atoms with Gasteiger partial charge in [0.25, 0.3) is 0 Å². The number of rotatable bonds is 4. The van der Waals surface area contributed by atoms with E-state index in [2.05, 4.69) is 19.9 Å². The van der Waals surface area contributed by atoms with E-state index < -0.39 is 0 Å². The van der Waals surface area contributed by atoms with Crippen molar-refractivity contribution in [3.8, 4) is 11.4 Å². The normalized spacial score (nSPS) is 11.1. The zero-order chi connectivity index (χ0) is 17.4. The number of Topliss-reactive ketones (excluding diaryl/α,β-unsaturated/α-hetero) is 1. The van der Waals surface area contributed by atoms with Gasteiger partial charge in [0, 0.05) is 35.9 Å². The summed E-state index contributed by atoms with van der Waals surface area (Å²) in [5, 5.41) is 4.62. The van der Waals surface area contributed by atoms with E-state index in [-0.39, 0.29) is 12.2 Å². The molecule has 0 amide bonds. The van der Waals surface area contributed by atoms with E-state index in [9.17, 15) is 4.79 Å². The maximum absolute atomic E-state index is 12.3. The SMILES string of the molecule is Cc1nc(C(=O)Cc2cc3cc(-c4cncn4C)ncc3cn2)cs1. The summed E-state index contributed by atoms with van der Waals surface area (Å²) < 4.78 is 1.92. The van der Waals surface area contributed by atoms with Crippen LogP contribution in [0.1, 0.15) is 21.2 Å². The molecule has 124 valence electrons. The van der Waals surface area contributed by atoms with Gasteiger partial charge < -0.3 is 4.57 Å². The lowest BCUT2D eigenvalue weighted by molar-refractivity contribution is 0.0988. The van der Waals surface area contributed by atoms with Crippen molar-refractivity contribution >= 4 is 27.9 Å². The quantitative estimate of drug-likeness (QED) is 0.529. The first-order valence-electron chi connectivity index (χ1n) is 7.77. The predicted molar refractivity (Wildman–Crippen MR) is 96.6 cm³/mol. The summed E-state index contributed by atoms with van der Waals surface area (Å²) >= 11 is 1.48. The molecule has 0 unspecified atom stereocenters. The van der Waals surface area contributed by atoms with E-state index in [4.69, 9.17) is 0 Å². The fourth-order valence-electron chi connectivity index (χ4n) is 2.67. The molecule has 0 atom stereocenters. The highest BCUT2D eigenvalue weighted by Gasteiger charge is 2.12. The molecule has 7 heteroatoms. The Morgan fingerprint density at radius 3 is 2.72 bits per heavy atom. The maximum Gasteiger partial charge on any atom is 0.187 e. The molecule has 0 radical (unpaired) electrons. The largest absolute Gasteiger partial charge is 0.332 e. The van der Waals surface area contributed by atoms with Crippen LogP contribution in [-0.4, -0.2) is 30.3 Å². The molecule has 4 aromatic heterocycles. The second-order valence-electron chi connectivity index (χ2n) is 5.83. The van der Waals surface area contributed by atoms with Crippen LogP contribution >= 0.6 is 11.3 Å². The molecule has 6 nitrogen and oxygen atoms in total. The number of nitrogens with zero attached hydrogens (tertiary/aromatic N) is 5. The van der Waals surface area contributed by atoms with Crippen molar-refractivity contribution in [3.63, 3.8) is 0 Å². The summed E-state index contributed by atoms with van der Waals surface area (Å²) in [6.07, 6.45) is 7.31. The first-order valence-corrected chi connectivity index (χ1v) is 8.65. The molecule has 0 fully saturated rings. The van der Waals surface area contributed by atoms with Crippen molar-refractivity contribution in [2.75, 3.05) is 0 Å². The number of imidazole rings is 1. The number of aryl methyl sites for hydroxylation is 2. The predicted octanol–water partition coefficient (Wildman–Crippen LogP) is 3.22. The summed E-state index contributed by atoms with van der Waals surface area (Å²) in [6, 6.07) is 3.93. The topological polar surface area (TPSA) is 73.6 Å². The van der Waals surface area contributed by atoms with Crippen LogP contribution in [0.4, 0.5) is 0 Å². The Kier molecular flexibility index (Phi) is 3.85. The Morgan fingerprint density at radius 1 is 1.16 bits per heavy atom. The van der Waals surface area contributed by atoms with E-state index in [1.807, 2.05) is 30.7 Å². The van der Waals surface area contributed by atoms with Crippen molar-refractivity contribution in [3.05, 3.63) is 58.8 Å². The second-order valence-corrected chi connectivity index (χ2v) is 6.90. The summed E-state index contributed by atoms with van der Waals surface area (Å²) in [7, 11) is 1.93. The third kappa shape index (κ3) is 3.06. The van der Waals surface area contributed by atoms with Crippen LogP contribution in [0.3, 0.4) is 0 Å².